The SMILES string of the molecule is CCCC(C)Nc1ccc(S(=O)(=O)NC)cc1. The van der Waals surface area contributed by atoms with Gasteiger partial charge in [0.05, 0.1) is 4.90 Å². The number of nitrogens with one attached hydrogen (secondary N) is 2. The van der Waals surface area contributed by atoms with Gasteiger partial charge < -0.3 is 5.32 Å². The number of sulfonamides is 1. The second-order valence-electron chi connectivity index (χ2n) is 4.07. The Hall–Kier alpha value is -1.07. The van der Waals surface area contributed by atoms with Gasteiger partial charge in [0.2, 0.25) is 10.0 Å². The molecule has 0 saturated carbocycles. The zero-order valence-corrected chi connectivity index (χ0v) is 11.3. The van der Waals surface area contributed by atoms with Gasteiger partial charge in [-0.1, -0.05) is 13.3 Å². The average Bonchev–Trinajstić information content (AvgIpc) is 2.30. The van der Waals surface area contributed by atoms with Crippen LogP contribution in [0, 0.1) is 0 Å². The van der Waals surface area contributed by atoms with E-state index in [1.165, 1.54) is 7.05 Å². The molecule has 0 radical (unpaired) electrons. The first kappa shape index (κ1) is 14.0. The maximum atomic E-state index is 11.5. The van der Waals surface area contributed by atoms with Gasteiger partial charge in [-0.15, -0.1) is 0 Å². The molecule has 1 aromatic carbocycles. The summed E-state index contributed by atoms with van der Waals surface area (Å²) in [5, 5.41) is 3.32. The molecule has 0 aliphatic heterocycles. The molecule has 96 valence electrons. The Balaban J connectivity index is 2.75. The summed E-state index contributed by atoms with van der Waals surface area (Å²) in [5.41, 5.74) is 0.945. The lowest BCUT2D eigenvalue weighted by atomic mass is 10.2. The Morgan fingerprint density at radius 2 is 1.82 bits per heavy atom. The van der Waals surface area contributed by atoms with Crippen molar-refractivity contribution >= 4 is 15.7 Å². The molecule has 0 spiro atoms. The first-order valence-corrected chi connectivity index (χ1v) is 7.28. The summed E-state index contributed by atoms with van der Waals surface area (Å²) in [4.78, 5) is 0.286. The molecule has 17 heavy (non-hydrogen) atoms. The van der Waals surface area contributed by atoms with Crippen LogP contribution in [0.2, 0.25) is 0 Å². The number of benzene rings is 1. The second kappa shape index (κ2) is 6.02. The Labute approximate surface area is 103 Å². The van der Waals surface area contributed by atoms with Crippen LogP contribution in [0.1, 0.15) is 26.7 Å². The Bertz CT molecular complexity index is 440. The Morgan fingerprint density at radius 3 is 2.29 bits per heavy atom. The lowest BCUT2D eigenvalue weighted by Crippen LogP contribution is -2.18. The molecule has 5 heteroatoms. The van der Waals surface area contributed by atoms with E-state index in [9.17, 15) is 8.42 Å². The van der Waals surface area contributed by atoms with Crippen molar-refractivity contribution < 1.29 is 8.42 Å². The van der Waals surface area contributed by atoms with Gasteiger partial charge in [-0.3, -0.25) is 0 Å². The molecule has 0 amide bonds. The van der Waals surface area contributed by atoms with E-state index in [2.05, 4.69) is 23.9 Å². The zero-order valence-electron chi connectivity index (χ0n) is 10.5. The number of hydrogen-bond donors (Lipinski definition) is 2. The number of hydrogen-bond acceptors (Lipinski definition) is 3. The van der Waals surface area contributed by atoms with Crippen molar-refractivity contribution in [3.05, 3.63) is 24.3 Å². The third kappa shape index (κ3) is 4.02. The summed E-state index contributed by atoms with van der Waals surface area (Å²) in [5.74, 6) is 0. The van der Waals surface area contributed by atoms with Gasteiger partial charge in [0.15, 0.2) is 0 Å². The summed E-state index contributed by atoms with van der Waals surface area (Å²) < 4.78 is 25.3. The fourth-order valence-electron chi connectivity index (χ4n) is 1.64. The smallest absolute Gasteiger partial charge is 0.240 e. The molecule has 0 bridgehead atoms. The van der Waals surface area contributed by atoms with Crippen molar-refractivity contribution in [2.45, 2.75) is 37.6 Å². The third-order valence-electron chi connectivity index (χ3n) is 2.57. The van der Waals surface area contributed by atoms with Crippen LogP contribution in [-0.2, 0) is 10.0 Å². The molecule has 0 aliphatic rings. The first-order valence-electron chi connectivity index (χ1n) is 5.79. The third-order valence-corrected chi connectivity index (χ3v) is 4.00. The van der Waals surface area contributed by atoms with E-state index in [1.807, 2.05) is 0 Å². The summed E-state index contributed by atoms with van der Waals surface area (Å²) in [6.45, 7) is 4.25. The van der Waals surface area contributed by atoms with Gasteiger partial charge >= 0.3 is 0 Å². The minimum absolute atomic E-state index is 0.286. The van der Waals surface area contributed by atoms with Crippen molar-refractivity contribution in [2.24, 2.45) is 0 Å². The van der Waals surface area contributed by atoms with Crippen molar-refractivity contribution in [1.29, 1.82) is 0 Å². The van der Waals surface area contributed by atoms with Gasteiger partial charge in [-0.25, -0.2) is 13.1 Å². The largest absolute Gasteiger partial charge is 0.383 e. The summed E-state index contributed by atoms with van der Waals surface area (Å²) in [7, 11) is -1.92. The fourth-order valence-corrected chi connectivity index (χ4v) is 2.37. The van der Waals surface area contributed by atoms with Crippen LogP contribution < -0.4 is 10.0 Å². The standard InChI is InChI=1S/C12H20N2O2S/c1-4-5-10(2)14-11-6-8-12(9-7-11)17(15,16)13-3/h6-10,13-14H,4-5H2,1-3H3. The van der Waals surface area contributed by atoms with E-state index in [4.69, 9.17) is 0 Å². The fraction of sp³-hybridized carbons (Fsp3) is 0.500. The highest BCUT2D eigenvalue weighted by Gasteiger charge is 2.10. The van der Waals surface area contributed by atoms with E-state index >= 15 is 0 Å². The van der Waals surface area contributed by atoms with E-state index in [0.29, 0.717) is 6.04 Å². The van der Waals surface area contributed by atoms with Crippen LogP contribution in [0.5, 0.6) is 0 Å². The molecule has 0 fully saturated rings. The molecular formula is C12H20N2O2S. The van der Waals surface area contributed by atoms with Crippen molar-refractivity contribution in [3.8, 4) is 0 Å². The average molecular weight is 256 g/mol. The molecule has 1 atom stereocenters. The number of rotatable bonds is 6. The first-order chi connectivity index (χ1) is 7.99. The predicted octanol–water partition coefficient (Wildman–Crippen LogP) is 2.20. The normalized spacial score (nSPS) is 13.4. The maximum Gasteiger partial charge on any atom is 0.240 e. The van der Waals surface area contributed by atoms with Gasteiger partial charge in [-0.2, -0.15) is 0 Å². The summed E-state index contributed by atoms with van der Waals surface area (Å²) >= 11 is 0. The molecule has 1 aromatic rings. The van der Waals surface area contributed by atoms with Crippen LogP contribution in [-0.4, -0.2) is 21.5 Å². The Kier molecular flexibility index (Phi) is 4.96. The van der Waals surface area contributed by atoms with E-state index in [-0.39, 0.29) is 4.90 Å². The van der Waals surface area contributed by atoms with Crippen LogP contribution in [0.3, 0.4) is 0 Å². The number of anilines is 1. The molecule has 0 aliphatic carbocycles. The van der Waals surface area contributed by atoms with Crippen molar-refractivity contribution in [3.63, 3.8) is 0 Å². The van der Waals surface area contributed by atoms with E-state index in [1.54, 1.807) is 24.3 Å². The molecule has 0 saturated heterocycles. The lowest BCUT2D eigenvalue weighted by molar-refractivity contribution is 0.588. The lowest BCUT2D eigenvalue weighted by Gasteiger charge is -2.14. The molecule has 4 nitrogen and oxygen atoms in total. The highest BCUT2D eigenvalue weighted by molar-refractivity contribution is 7.89. The monoisotopic (exact) mass is 256 g/mol. The zero-order chi connectivity index (χ0) is 12.9. The molecule has 0 aromatic heterocycles. The van der Waals surface area contributed by atoms with Gasteiger partial charge in [0, 0.05) is 11.7 Å². The molecular weight excluding hydrogens is 236 g/mol. The van der Waals surface area contributed by atoms with Gasteiger partial charge in [-0.05, 0) is 44.7 Å². The Morgan fingerprint density at radius 1 is 1.24 bits per heavy atom. The summed E-state index contributed by atoms with van der Waals surface area (Å²) in [6, 6.07) is 7.18. The maximum absolute atomic E-state index is 11.5. The minimum atomic E-state index is -3.33. The summed E-state index contributed by atoms with van der Waals surface area (Å²) in [6.07, 6.45) is 2.22. The minimum Gasteiger partial charge on any atom is -0.383 e. The highest BCUT2D eigenvalue weighted by atomic mass is 32.2. The van der Waals surface area contributed by atoms with E-state index < -0.39 is 10.0 Å². The molecule has 0 heterocycles. The molecule has 1 rings (SSSR count). The van der Waals surface area contributed by atoms with Gasteiger partial charge in [0.1, 0.15) is 0 Å². The van der Waals surface area contributed by atoms with Crippen LogP contribution in [0.15, 0.2) is 29.2 Å². The topological polar surface area (TPSA) is 58.2 Å². The highest BCUT2D eigenvalue weighted by Crippen LogP contribution is 2.15. The molecule has 1 unspecified atom stereocenters. The molecule has 2 N–H and O–H groups in total. The van der Waals surface area contributed by atoms with Gasteiger partial charge in [0.25, 0.3) is 0 Å². The van der Waals surface area contributed by atoms with Crippen molar-refractivity contribution in [2.75, 3.05) is 12.4 Å². The van der Waals surface area contributed by atoms with Crippen LogP contribution >= 0.6 is 0 Å². The predicted molar refractivity (Wildman–Crippen MR) is 70.7 cm³/mol. The van der Waals surface area contributed by atoms with E-state index in [0.717, 1.165) is 18.5 Å². The van der Waals surface area contributed by atoms with Crippen LogP contribution in [0.25, 0.3) is 0 Å². The quantitative estimate of drug-likeness (QED) is 0.820. The van der Waals surface area contributed by atoms with Crippen LogP contribution in [0.4, 0.5) is 5.69 Å². The van der Waals surface area contributed by atoms with Crippen molar-refractivity contribution in [1.82, 2.24) is 4.72 Å². The second-order valence-corrected chi connectivity index (χ2v) is 5.95.